The standard InChI is InChI=1S/C24H23N3O6/c1-16-13-22(28)26-18-5-3-4-6-19(18)27(16)23(29)15-33-24(30)10-8-17-7-9-20(32-12-11-25)21(14-17)31-2/h3-10,14,16H,12-13,15H2,1-2H3,(H,26,28)/b10-8+. The Labute approximate surface area is 191 Å². The van der Waals surface area contributed by atoms with Gasteiger partial charge in [0.25, 0.3) is 5.91 Å². The Kier molecular flexibility index (Phi) is 7.65. The third-order valence-corrected chi connectivity index (χ3v) is 4.86. The third-order valence-electron chi connectivity index (χ3n) is 4.86. The van der Waals surface area contributed by atoms with Crippen LogP contribution in [-0.2, 0) is 19.1 Å². The van der Waals surface area contributed by atoms with E-state index in [9.17, 15) is 14.4 Å². The van der Waals surface area contributed by atoms with E-state index in [4.69, 9.17) is 19.5 Å². The molecule has 1 aliphatic rings. The minimum absolute atomic E-state index is 0.115. The number of benzene rings is 2. The van der Waals surface area contributed by atoms with Gasteiger partial charge in [-0.1, -0.05) is 18.2 Å². The highest BCUT2D eigenvalue weighted by atomic mass is 16.5. The van der Waals surface area contributed by atoms with Crippen LogP contribution in [0.5, 0.6) is 11.5 Å². The van der Waals surface area contributed by atoms with Gasteiger partial charge >= 0.3 is 5.97 Å². The van der Waals surface area contributed by atoms with E-state index in [1.165, 1.54) is 24.2 Å². The van der Waals surface area contributed by atoms with Gasteiger partial charge < -0.3 is 24.4 Å². The summed E-state index contributed by atoms with van der Waals surface area (Å²) in [4.78, 5) is 38.5. The minimum Gasteiger partial charge on any atom is -0.493 e. The molecule has 9 heteroatoms. The van der Waals surface area contributed by atoms with Crippen molar-refractivity contribution in [1.82, 2.24) is 0 Å². The number of carbonyl (C=O) groups excluding carboxylic acids is 3. The SMILES string of the molecule is COc1cc(/C=C/C(=O)OCC(=O)N2c3ccccc3NC(=O)CC2C)ccc1OCC#N. The van der Waals surface area contributed by atoms with Gasteiger partial charge in [-0.25, -0.2) is 4.79 Å². The van der Waals surface area contributed by atoms with Crippen molar-refractivity contribution in [2.45, 2.75) is 19.4 Å². The van der Waals surface area contributed by atoms with E-state index >= 15 is 0 Å². The van der Waals surface area contributed by atoms with Crippen molar-refractivity contribution >= 4 is 35.2 Å². The molecular formula is C24H23N3O6. The fourth-order valence-corrected chi connectivity index (χ4v) is 3.40. The van der Waals surface area contributed by atoms with Crippen molar-refractivity contribution in [2.75, 3.05) is 30.5 Å². The summed E-state index contributed by atoms with van der Waals surface area (Å²) in [5.74, 6) is -0.507. The Balaban J connectivity index is 1.64. The summed E-state index contributed by atoms with van der Waals surface area (Å²) in [6.45, 7) is 1.18. The van der Waals surface area contributed by atoms with Crippen LogP contribution in [0.25, 0.3) is 6.08 Å². The van der Waals surface area contributed by atoms with Crippen molar-refractivity contribution < 1.29 is 28.6 Å². The van der Waals surface area contributed by atoms with E-state index in [0.717, 1.165) is 0 Å². The summed E-state index contributed by atoms with van der Waals surface area (Å²) in [7, 11) is 1.47. The average Bonchev–Trinajstić information content (AvgIpc) is 2.94. The lowest BCUT2D eigenvalue weighted by atomic mass is 10.1. The number of nitriles is 1. The number of amides is 2. The fourth-order valence-electron chi connectivity index (χ4n) is 3.40. The third kappa shape index (κ3) is 5.89. The van der Waals surface area contributed by atoms with Crippen molar-refractivity contribution in [3.05, 3.63) is 54.1 Å². The van der Waals surface area contributed by atoms with Crippen LogP contribution >= 0.6 is 0 Å². The topological polar surface area (TPSA) is 118 Å². The molecule has 0 fully saturated rings. The second-order valence-electron chi connectivity index (χ2n) is 7.18. The fraction of sp³-hybridized carbons (Fsp3) is 0.250. The molecule has 0 spiro atoms. The number of ether oxygens (including phenoxy) is 3. The predicted molar refractivity (Wildman–Crippen MR) is 121 cm³/mol. The molecule has 1 unspecified atom stereocenters. The molecule has 2 aromatic rings. The maximum Gasteiger partial charge on any atom is 0.331 e. The van der Waals surface area contributed by atoms with Gasteiger partial charge in [0.15, 0.2) is 24.7 Å². The van der Waals surface area contributed by atoms with Crippen LogP contribution in [0.3, 0.4) is 0 Å². The van der Waals surface area contributed by atoms with Gasteiger partial charge in [-0.15, -0.1) is 0 Å². The summed E-state index contributed by atoms with van der Waals surface area (Å²) in [6, 6.07) is 13.4. The minimum atomic E-state index is -0.697. The van der Waals surface area contributed by atoms with Crippen molar-refractivity contribution in [3.63, 3.8) is 0 Å². The number of nitrogens with one attached hydrogen (secondary N) is 1. The monoisotopic (exact) mass is 449 g/mol. The molecule has 2 amide bonds. The lowest BCUT2D eigenvalue weighted by Crippen LogP contribution is -2.41. The van der Waals surface area contributed by atoms with Crippen LogP contribution in [-0.4, -0.2) is 44.1 Å². The molecule has 9 nitrogen and oxygen atoms in total. The van der Waals surface area contributed by atoms with Crippen LogP contribution in [0.15, 0.2) is 48.5 Å². The number of methoxy groups -OCH3 is 1. The number of nitrogens with zero attached hydrogens (tertiary/aromatic N) is 2. The van der Waals surface area contributed by atoms with Crippen LogP contribution in [0.4, 0.5) is 11.4 Å². The molecule has 3 rings (SSSR count). The second-order valence-corrected chi connectivity index (χ2v) is 7.18. The second kappa shape index (κ2) is 10.8. The largest absolute Gasteiger partial charge is 0.493 e. The Hall–Kier alpha value is -4.32. The van der Waals surface area contributed by atoms with Gasteiger partial charge in [-0.05, 0) is 42.8 Å². The number of esters is 1. The van der Waals surface area contributed by atoms with E-state index in [0.29, 0.717) is 28.4 Å². The van der Waals surface area contributed by atoms with E-state index in [-0.39, 0.29) is 18.9 Å². The molecule has 1 heterocycles. The lowest BCUT2D eigenvalue weighted by molar-refractivity contribution is -0.143. The normalized spacial score (nSPS) is 15.1. The maximum absolute atomic E-state index is 12.8. The molecule has 1 atom stereocenters. The Bertz CT molecular complexity index is 1120. The maximum atomic E-state index is 12.8. The summed E-state index contributed by atoms with van der Waals surface area (Å²) in [5, 5.41) is 11.4. The van der Waals surface area contributed by atoms with Gasteiger partial charge in [0.05, 0.1) is 18.5 Å². The first-order chi connectivity index (χ1) is 15.9. The highest BCUT2D eigenvalue weighted by Gasteiger charge is 2.29. The first-order valence-corrected chi connectivity index (χ1v) is 10.2. The van der Waals surface area contributed by atoms with E-state index in [2.05, 4.69) is 5.32 Å². The molecule has 0 saturated carbocycles. The molecule has 0 bridgehead atoms. The Morgan fingerprint density at radius 1 is 1.24 bits per heavy atom. The molecule has 1 aliphatic heterocycles. The molecule has 0 aromatic heterocycles. The van der Waals surface area contributed by atoms with E-state index < -0.39 is 24.5 Å². The summed E-state index contributed by atoms with van der Waals surface area (Å²) < 4.78 is 15.6. The van der Waals surface area contributed by atoms with Crippen LogP contribution in [0.1, 0.15) is 18.9 Å². The van der Waals surface area contributed by atoms with Crippen molar-refractivity contribution in [3.8, 4) is 17.6 Å². The average molecular weight is 449 g/mol. The van der Waals surface area contributed by atoms with E-state index in [1.54, 1.807) is 49.4 Å². The number of anilines is 2. The molecule has 33 heavy (non-hydrogen) atoms. The van der Waals surface area contributed by atoms with Gasteiger partial charge in [0.2, 0.25) is 5.91 Å². The quantitative estimate of drug-likeness (QED) is 0.510. The number of rotatable bonds is 7. The number of hydrogen-bond donors (Lipinski definition) is 1. The molecule has 0 radical (unpaired) electrons. The molecule has 0 aliphatic carbocycles. The van der Waals surface area contributed by atoms with Crippen molar-refractivity contribution in [1.29, 1.82) is 5.26 Å². The number of carbonyl (C=O) groups is 3. The zero-order valence-electron chi connectivity index (χ0n) is 18.2. The summed E-state index contributed by atoms with van der Waals surface area (Å²) in [5.41, 5.74) is 1.72. The molecule has 170 valence electrons. The zero-order chi connectivity index (χ0) is 23.8. The first kappa shape index (κ1) is 23.3. The molecule has 2 aromatic carbocycles. The summed E-state index contributed by atoms with van der Waals surface area (Å²) >= 11 is 0. The highest BCUT2D eigenvalue weighted by molar-refractivity contribution is 6.05. The number of para-hydroxylation sites is 2. The zero-order valence-corrected chi connectivity index (χ0v) is 18.2. The lowest BCUT2D eigenvalue weighted by Gasteiger charge is -2.27. The Morgan fingerprint density at radius 2 is 2.03 bits per heavy atom. The Morgan fingerprint density at radius 3 is 2.79 bits per heavy atom. The smallest absolute Gasteiger partial charge is 0.331 e. The molecular weight excluding hydrogens is 426 g/mol. The van der Waals surface area contributed by atoms with Gasteiger partial charge in [-0.2, -0.15) is 5.26 Å². The molecule has 0 saturated heterocycles. The van der Waals surface area contributed by atoms with Crippen LogP contribution in [0.2, 0.25) is 0 Å². The van der Waals surface area contributed by atoms with Gasteiger partial charge in [0.1, 0.15) is 6.07 Å². The predicted octanol–water partition coefficient (Wildman–Crippen LogP) is 2.92. The highest BCUT2D eigenvalue weighted by Crippen LogP contribution is 2.31. The van der Waals surface area contributed by atoms with E-state index in [1.807, 2.05) is 6.07 Å². The summed E-state index contributed by atoms with van der Waals surface area (Å²) in [6.07, 6.45) is 2.84. The van der Waals surface area contributed by atoms with Crippen LogP contribution in [0, 0.1) is 11.3 Å². The first-order valence-electron chi connectivity index (χ1n) is 10.2. The van der Waals surface area contributed by atoms with Gasteiger partial charge in [-0.3, -0.25) is 9.59 Å². The molecule has 1 N–H and O–H groups in total. The van der Waals surface area contributed by atoms with Gasteiger partial charge in [0, 0.05) is 18.5 Å². The van der Waals surface area contributed by atoms with Crippen molar-refractivity contribution in [2.24, 2.45) is 0 Å². The number of hydrogen-bond acceptors (Lipinski definition) is 7. The van der Waals surface area contributed by atoms with Crippen LogP contribution < -0.4 is 19.7 Å². The number of fused-ring (bicyclic) bond motifs is 1.